The van der Waals surface area contributed by atoms with Crippen molar-refractivity contribution < 1.29 is 31.9 Å². The Balaban J connectivity index is 5.38. The number of allylic oxidation sites excluding steroid dienone is 1. The van der Waals surface area contributed by atoms with Gasteiger partial charge in [0.1, 0.15) is 10.6 Å². The van der Waals surface area contributed by atoms with Gasteiger partial charge in [0.05, 0.1) is 7.11 Å². The third-order valence-corrected chi connectivity index (χ3v) is 1.78. The molecule has 0 amide bonds. The number of hydrogen-bond donors (Lipinski definition) is 0. The minimum Gasteiger partial charge on any atom is -0.465 e. The molecule has 0 atom stereocenters. The average molecular weight is 249 g/mol. The van der Waals surface area contributed by atoms with E-state index >= 15 is 0 Å². The molecule has 0 unspecified atom stereocenters. The fourth-order valence-corrected chi connectivity index (χ4v) is 0.779. The molecule has 86 valence electrons. The van der Waals surface area contributed by atoms with Crippen LogP contribution >= 0.6 is 11.6 Å². The summed E-state index contributed by atoms with van der Waals surface area (Å²) in [5, 5.41) is -1.83. The van der Waals surface area contributed by atoms with Gasteiger partial charge in [-0.15, -0.1) is 0 Å². The van der Waals surface area contributed by atoms with Gasteiger partial charge in [0.2, 0.25) is 0 Å². The van der Waals surface area contributed by atoms with Crippen molar-refractivity contribution in [3.05, 3.63) is 10.6 Å². The normalized spacial score (nSPS) is 13.5. The van der Waals surface area contributed by atoms with Crippen molar-refractivity contribution in [2.45, 2.75) is 12.3 Å². The Bertz CT molecular complexity index is 301. The van der Waals surface area contributed by atoms with Gasteiger partial charge in [0.15, 0.2) is 6.29 Å². The molecule has 0 N–H and O–H groups in total. The highest BCUT2D eigenvalue weighted by Crippen LogP contribution is 2.35. The topological polar surface area (TPSA) is 43.4 Å². The van der Waals surface area contributed by atoms with Crippen molar-refractivity contribution in [2.24, 2.45) is 0 Å². The van der Waals surface area contributed by atoms with E-state index in [-0.39, 0.29) is 6.29 Å². The Morgan fingerprint density at radius 3 is 2.20 bits per heavy atom. The van der Waals surface area contributed by atoms with Crippen LogP contribution in [-0.4, -0.2) is 31.7 Å². The smallest absolute Gasteiger partial charge is 0.343 e. The van der Waals surface area contributed by atoms with Crippen LogP contribution in [0.4, 0.5) is 17.6 Å². The van der Waals surface area contributed by atoms with Gasteiger partial charge < -0.3 is 4.74 Å². The number of carbonyl (C=O) groups is 2. The summed E-state index contributed by atoms with van der Waals surface area (Å²) in [5.74, 6) is -6.26. The summed E-state index contributed by atoms with van der Waals surface area (Å²) in [6.45, 7) is 0. The van der Waals surface area contributed by atoms with Crippen molar-refractivity contribution in [3.63, 3.8) is 0 Å². The molecule has 0 aliphatic rings. The van der Waals surface area contributed by atoms with Crippen LogP contribution in [0.15, 0.2) is 10.6 Å². The van der Waals surface area contributed by atoms with E-state index < -0.39 is 28.9 Å². The number of halogens is 5. The number of ether oxygens (including phenoxy) is 1. The van der Waals surface area contributed by atoms with Crippen LogP contribution in [0.2, 0.25) is 0 Å². The second kappa shape index (κ2) is 5.11. The molecule has 0 bridgehead atoms. The third-order valence-electron chi connectivity index (χ3n) is 1.33. The Labute approximate surface area is 86.6 Å². The van der Waals surface area contributed by atoms with E-state index in [2.05, 4.69) is 4.74 Å². The average Bonchev–Trinajstić information content (AvgIpc) is 2.17. The molecule has 15 heavy (non-hydrogen) atoms. The Hall–Kier alpha value is -1.11. The van der Waals surface area contributed by atoms with Crippen molar-refractivity contribution >= 4 is 23.9 Å². The minimum atomic E-state index is -4.76. The van der Waals surface area contributed by atoms with Gasteiger partial charge in [-0.2, -0.15) is 8.78 Å². The molecule has 0 spiro atoms. The van der Waals surface area contributed by atoms with Crippen LogP contribution in [0.1, 0.15) is 0 Å². The fourth-order valence-electron chi connectivity index (χ4n) is 0.575. The fraction of sp³-hybridized carbons (Fsp3) is 0.429. The van der Waals surface area contributed by atoms with E-state index in [0.717, 1.165) is 7.11 Å². The van der Waals surface area contributed by atoms with E-state index in [1.165, 1.54) is 0 Å². The Kier molecular flexibility index (Phi) is 4.73. The van der Waals surface area contributed by atoms with Crippen molar-refractivity contribution in [1.29, 1.82) is 0 Å². The molecule has 0 saturated heterocycles. The molecule has 0 aromatic heterocycles. The van der Waals surface area contributed by atoms with Gasteiger partial charge in [0, 0.05) is 0 Å². The molecule has 8 heteroatoms. The quantitative estimate of drug-likeness (QED) is 0.190. The molecule has 0 aromatic rings. The summed E-state index contributed by atoms with van der Waals surface area (Å²) >= 11 is 4.82. The summed E-state index contributed by atoms with van der Waals surface area (Å²) in [6, 6.07) is 0. The van der Waals surface area contributed by atoms with Crippen LogP contribution in [0.5, 0.6) is 0 Å². The van der Waals surface area contributed by atoms with E-state index in [0.29, 0.717) is 0 Å². The maximum Gasteiger partial charge on any atom is 0.343 e. The first-order valence-electron chi connectivity index (χ1n) is 3.38. The SMILES string of the molecule is COC(=O)/C(C=O)=C(\Cl)C(F)(F)C(F)F. The van der Waals surface area contributed by atoms with Gasteiger partial charge in [-0.3, -0.25) is 4.79 Å². The molecule has 0 aliphatic carbocycles. The van der Waals surface area contributed by atoms with E-state index in [9.17, 15) is 27.2 Å². The van der Waals surface area contributed by atoms with Crippen molar-refractivity contribution in [1.82, 2.24) is 0 Å². The number of methoxy groups -OCH3 is 1. The van der Waals surface area contributed by atoms with E-state index in [1.54, 1.807) is 0 Å². The first kappa shape index (κ1) is 13.9. The molecule has 0 fully saturated rings. The van der Waals surface area contributed by atoms with Crippen LogP contribution in [0.3, 0.4) is 0 Å². The molecule has 0 aliphatic heterocycles. The zero-order valence-corrected chi connectivity index (χ0v) is 8.03. The summed E-state index contributed by atoms with van der Waals surface area (Å²) in [4.78, 5) is 20.9. The summed E-state index contributed by atoms with van der Waals surface area (Å²) in [5.41, 5.74) is -1.33. The molecule has 0 radical (unpaired) electrons. The van der Waals surface area contributed by atoms with Crippen LogP contribution in [0, 0.1) is 0 Å². The van der Waals surface area contributed by atoms with Crippen molar-refractivity contribution in [3.8, 4) is 0 Å². The minimum absolute atomic E-state index is 0.371. The monoisotopic (exact) mass is 248 g/mol. The van der Waals surface area contributed by atoms with Crippen LogP contribution < -0.4 is 0 Å². The zero-order valence-electron chi connectivity index (χ0n) is 7.27. The number of carbonyl (C=O) groups excluding carboxylic acids is 2. The second-order valence-electron chi connectivity index (χ2n) is 2.26. The molecule has 0 aromatic carbocycles. The highest BCUT2D eigenvalue weighted by molar-refractivity contribution is 6.35. The first-order chi connectivity index (χ1) is 6.78. The zero-order chi connectivity index (χ0) is 12.2. The van der Waals surface area contributed by atoms with Crippen molar-refractivity contribution in [2.75, 3.05) is 7.11 Å². The number of aldehydes is 1. The van der Waals surface area contributed by atoms with Crippen LogP contribution in [-0.2, 0) is 14.3 Å². The predicted molar refractivity (Wildman–Crippen MR) is 41.9 cm³/mol. The lowest BCUT2D eigenvalue weighted by Crippen LogP contribution is -2.29. The molecular formula is C7H5ClF4O3. The summed E-state index contributed by atoms with van der Waals surface area (Å²) in [6.07, 6.45) is -4.49. The lowest BCUT2D eigenvalue weighted by atomic mass is 10.2. The molecule has 0 heterocycles. The maximum absolute atomic E-state index is 12.6. The van der Waals surface area contributed by atoms with Gasteiger partial charge >= 0.3 is 18.3 Å². The highest BCUT2D eigenvalue weighted by Gasteiger charge is 2.46. The standard InChI is InChI=1S/C7H5ClF4O3/c1-15-5(14)3(2-13)4(8)7(11,12)6(9)10/h2,6H,1H3/b4-3-. The largest absolute Gasteiger partial charge is 0.465 e. The predicted octanol–water partition coefficient (Wildman–Crippen LogP) is 1.75. The van der Waals surface area contributed by atoms with Gasteiger partial charge in [0.25, 0.3) is 0 Å². The summed E-state index contributed by atoms with van der Waals surface area (Å²) < 4.78 is 52.6. The van der Waals surface area contributed by atoms with Gasteiger partial charge in [-0.05, 0) is 0 Å². The van der Waals surface area contributed by atoms with Crippen LogP contribution in [0.25, 0.3) is 0 Å². The lowest BCUT2D eigenvalue weighted by molar-refractivity contribution is -0.137. The Morgan fingerprint density at radius 2 is 1.93 bits per heavy atom. The third kappa shape index (κ3) is 2.92. The van der Waals surface area contributed by atoms with E-state index in [1.807, 2.05) is 0 Å². The number of alkyl halides is 4. The number of hydrogen-bond acceptors (Lipinski definition) is 3. The second-order valence-corrected chi connectivity index (χ2v) is 2.64. The first-order valence-corrected chi connectivity index (χ1v) is 3.76. The highest BCUT2D eigenvalue weighted by atomic mass is 35.5. The maximum atomic E-state index is 12.6. The lowest BCUT2D eigenvalue weighted by Gasteiger charge is -2.15. The molecule has 3 nitrogen and oxygen atoms in total. The molecule has 0 saturated carbocycles. The van der Waals surface area contributed by atoms with Gasteiger partial charge in [-0.25, -0.2) is 13.6 Å². The number of esters is 1. The van der Waals surface area contributed by atoms with E-state index in [4.69, 9.17) is 11.6 Å². The Morgan fingerprint density at radius 1 is 1.47 bits per heavy atom. The molecule has 0 rings (SSSR count). The van der Waals surface area contributed by atoms with Gasteiger partial charge in [-0.1, -0.05) is 11.6 Å². The molecular weight excluding hydrogens is 244 g/mol. The summed E-state index contributed by atoms with van der Waals surface area (Å²) in [7, 11) is 0.788. The number of rotatable bonds is 4.